The summed E-state index contributed by atoms with van der Waals surface area (Å²) in [5.41, 5.74) is -0.505. The highest BCUT2D eigenvalue weighted by molar-refractivity contribution is 7.96. The van der Waals surface area contributed by atoms with Gasteiger partial charge in [0.1, 0.15) is 23.2 Å². The fourth-order valence-corrected chi connectivity index (χ4v) is 6.79. The van der Waals surface area contributed by atoms with Gasteiger partial charge in [-0.15, -0.1) is 0 Å². The fraction of sp³-hybridized carbons (Fsp3) is 0.308. The second-order valence-electron chi connectivity index (χ2n) is 10.6. The number of aliphatic hydroxyl groups excluding tert-OH is 1. The minimum absolute atomic E-state index is 0.00364. The maximum Gasteiger partial charge on any atom is 0.260 e. The van der Waals surface area contributed by atoms with Gasteiger partial charge in [0.15, 0.2) is 4.91 Å². The summed E-state index contributed by atoms with van der Waals surface area (Å²) >= 11 is 0. The molecule has 1 amide bonds. The van der Waals surface area contributed by atoms with E-state index in [9.17, 15) is 36.4 Å². The largest absolute Gasteiger partial charge is 0.509 e. The van der Waals surface area contributed by atoms with Crippen LogP contribution in [0.25, 0.3) is 0 Å². The van der Waals surface area contributed by atoms with Crippen molar-refractivity contribution in [2.24, 2.45) is 5.41 Å². The second-order valence-corrected chi connectivity index (χ2v) is 14.2. The molecule has 1 atom stereocenters. The molecule has 0 saturated heterocycles. The van der Waals surface area contributed by atoms with Crippen molar-refractivity contribution >= 4 is 37.1 Å². The molecule has 3 N–H and O–H groups in total. The van der Waals surface area contributed by atoms with Gasteiger partial charge in [0.2, 0.25) is 19.9 Å². The van der Waals surface area contributed by atoms with Crippen molar-refractivity contribution in [3.63, 3.8) is 0 Å². The number of amides is 1. The second kappa shape index (κ2) is 9.39. The Kier molecular flexibility index (Phi) is 6.77. The summed E-state index contributed by atoms with van der Waals surface area (Å²) in [6.45, 7) is 6.96. The molecule has 2 heterocycles. The Balaban J connectivity index is 1.85. The lowest BCUT2D eigenvalue weighted by atomic mass is 9.85. The Morgan fingerprint density at radius 3 is 2.44 bits per heavy atom. The van der Waals surface area contributed by atoms with Gasteiger partial charge in [-0.3, -0.25) is 9.52 Å². The van der Waals surface area contributed by atoms with Crippen molar-refractivity contribution in [1.29, 1.82) is 5.26 Å². The monoisotopic (exact) mass is 574 g/mol. The molecule has 10 nitrogen and oxygen atoms in total. The number of fused-ring (bicyclic) bond motifs is 1. The van der Waals surface area contributed by atoms with Crippen molar-refractivity contribution in [2.45, 2.75) is 45.2 Å². The molecule has 2 aromatic carbocycles. The lowest BCUT2D eigenvalue weighted by Gasteiger charge is -2.35. The number of carbonyl (C=O) groups is 1. The Labute approximate surface area is 226 Å². The van der Waals surface area contributed by atoms with Gasteiger partial charge in [-0.05, 0) is 47.7 Å². The summed E-state index contributed by atoms with van der Waals surface area (Å²) in [5.74, 6) is -1.52. The molecule has 0 aromatic heterocycles. The molecular weight excluding hydrogens is 547 g/mol. The van der Waals surface area contributed by atoms with Gasteiger partial charge < -0.3 is 15.3 Å². The number of anilines is 2. The first-order chi connectivity index (χ1) is 18.0. The predicted molar refractivity (Wildman–Crippen MR) is 143 cm³/mol. The van der Waals surface area contributed by atoms with Gasteiger partial charge in [-0.2, -0.15) is 5.26 Å². The molecule has 4 rings (SSSR count). The average molecular weight is 575 g/mol. The Morgan fingerprint density at radius 1 is 1.21 bits per heavy atom. The zero-order valence-electron chi connectivity index (χ0n) is 21.8. The van der Waals surface area contributed by atoms with E-state index in [1.165, 1.54) is 29.2 Å². The normalized spacial score (nSPS) is 19.1. The van der Waals surface area contributed by atoms with Gasteiger partial charge in [-0.1, -0.05) is 32.9 Å². The molecule has 0 saturated carbocycles. The minimum Gasteiger partial charge on any atom is -0.509 e. The van der Waals surface area contributed by atoms with Crippen LogP contribution in [-0.4, -0.2) is 45.0 Å². The molecule has 0 spiro atoms. The lowest BCUT2D eigenvalue weighted by Crippen LogP contribution is -2.43. The van der Waals surface area contributed by atoms with Crippen molar-refractivity contribution in [3.8, 4) is 6.07 Å². The van der Waals surface area contributed by atoms with Crippen LogP contribution in [0.5, 0.6) is 0 Å². The fourth-order valence-electron chi connectivity index (χ4n) is 4.79. The van der Waals surface area contributed by atoms with Crippen LogP contribution in [-0.2, 0) is 31.2 Å². The first-order valence-corrected chi connectivity index (χ1v) is 15.1. The molecular formula is C26H27FN4O6S2. The maximum absolute atomic E-state index is 13.8. The molecule has 206 valence electrons. The number of benzene rings is 2. The van der Waals surface area contributed by atoms with E-state index in [1.54, 1.807) is 39.8 Å². The molecule has 0 unspecified atom stereocenters. The SMILES string of the molecule is Cc1cc(CN2C(=O)C(C3=C(C#N)S(=O)(=O)c4cc(NS(C)(=O)=O)ccc4N3)=C(O)[C@@H]2C(C)(C)C)ccc1F. The van der Waals surface area contributed by atoms with Gasteiger partial charge in [0.25, 0.3) is 5.91 Å². The molecule has 0 fully saturated rings. The topological polar surface area (TPSA) is 157 Å². The first kappa shape index (κ1) is 28.1. The third-order valence-electron chi connectivity index (χ3n) is 6.38. The van der Waals surface area contributed by atoms with Crippen LogP contribution in [0.1, 0.15) is 31.9 Å². The number of halogens is 1. The minimum atomic E-state index is -4.52. The van der Waals surface area contributed by atoms with Crippen LogP contribution < -0.4 is 10.0 Å². The molecule has 2 aliphatic heterocycles. The summed E-state index contributed by atoms with van der Waals surface area (Å²) in [5, 5.41) is 24.1. The third kappa shape index (κ3) is 5.09. The third-order valence-corrected chi connectivity index (χ3v) is 8.73. The van der Waals surface area contributed by atoms with Crippen molar-refractivity contribution in [3.05, 3.63) is 75.3 Å². The number of hydrogen-bond donors (Lipinski definition) is 3. The standard InChI is InChI=1S/C26H27FN4O6S2/c1-14-10-15(6-8-17(14)27)13-31-24(26(2,3)4)23(32)21(25(31)33)22-20(12-28)39(36,37)19-11-16(30-38(5,34)35)7-9-18(19)29-22/h6-11,24,29-30,32H,13H2,1-5H3/t24-/m1/s1. The van der Waals surface area contributed by atoms with Crippen LogP contribution in [0.15, 0.2) is 63.2 Å². The number of nitrogens with zero attached hydrogens (tertiary/aromatic N) is 2. The molecule has 2 aliphatic rings. The summed E-state index contributed by atoms with van der Waals surface area (Å²) in [6, 6.07) is 8.82. The highest BCUT2D eigenvalue weighted by Crippen LogP contribution is 2.44. The number of sulfone groups is 1. The number of hydrogen-bond acceptors (Lipinski definition) is 8. The Bertz CT molecular complexity index is 1730. The summed E-state index contributed by atoms with van der Waals surface area (Å²) in [4.78, 5) is 14.0. The summed E-state index contributed by atoms with van der Waals surface area (Å²) in [7, 11) is -8.23. The Morgan fingerprint density at radius 2 is 1.87 bits per heavy atom. The number of rotatable bonds is 5. The Hall–Kier alpha value is -3.89. The summed E-state index contributed by atoms with van der Waals surface area (Å²) < 4.78 is 66.3. The first-order valence-electron chi connectivity index (χ1n) is 11.7. The zero-order valence-corrected chi connectivity index (χ0v) is 23.5. The van der Waals surface area contributed by atoms with Gasteiger partial charge in [0.05, 0.1) is 28.6 Å². The highest BCUT2D eigenvalue weighted by Gasteiger charge is 2.49. The number of aryl methyl sites for hydroxylation is 1. The van der Waals surface area contributed by atoms with Crippen LogP contribution in [0.3, 0.4) is 0 Å². The lowest BCUT2D eigenvalue weighted by molar-refractivity contribution is -0.129. The average Bonchev–Trinajstić information content (AvgIpc) is 3.04. The van der Waals surface area contributed by atoms with Crippen LogP contribution >= 0.6 is 0 Å². The van der Waals surface area contributed by atoms with E-state index in [0.29, 0.717) is 11.1 Å². The predicted octanol–water partition coefficient (Wildman–Crippen LogP) is 3.71. The highest BCUT2D eigenvalue weighted by atomic mass is 32.2. The van der Waals surface area contributed by atoms with Crippen LogP contribution in [0.4, 0.5) is 15.8 Å². The maximum atomic E-state index is 13.8. The zero-order chi connectivity index (χ0) is 29.1. The van der Waals surface area contributed by atoms with Crippen molar-refractivity contribution in [2.75, 3.05) is 16.3 Å². The van der Waals surface area contributed by atoms with E-state index in [0.717, 1.165) is 12.3 Å². The van der Waals surface area contributed by atoms with E-state index in [-0.39, 0.29) is 34.1 Å². The van der Waals surface area contributed by atoms with Crippen molar-refractivity contribution in [1.82, 2.24) is 4.90 Å². The quantitative estimate of drug-likeness (QED) is 0.488. The van der Waals surface area contributed by atoms with Gasteiger partial charge in [-0.25, -0.2) is 21.2 Å². The van der Waals surface area contributed by atoms with E-state index in [4.69, 9.17) is 0 Å². The van der Waals surface area contributed by atoms with E-state index >= 15 is 0 Å². The molecule has 39 heavy (non-hydrogen) atoms. The smallest absolute Gasteiger partial charge is 0.260 e. The molecule has 2 aromatic rings. The number of sulfonamides is 1. The van der Waals surface area contributed by atoms with Crippen molar-refractivity contribution < 1.29 is 31.1 Å². The van der Waals surface area contributed by atoms with Gasteiger partial charge >= 0.3 is 0 Å². The summed E-state index contributed by atoms with van der Waals surface area (Å²) in [6.07, 6.45) is 0.906. The molecule has 13 heteroatoms. The number of nitrogens with one attached hydrogen (secondary N) is 2. The molecule has 0 radical (unpaired) electrons. The van der Waals surface area contributed by atoms with E-state index in [2.05, 4.69) is 10.0 Å². The van der Waals surface area contributed by atoms with E-state index in [1.807, 2.05) is 0 Å². The number of aliphatic hydroxyl groups is 1. The number of allylic oxidation sites excluding steroid dienone is 1. The molecule has 0 aliphatic carbocycles. The number of nitriles is 1. The van der Waals surface area contributed by atoms with Crippen LogP contribution in [0, 0.1) is 29.5 Å². The van der Waals surface area contributed by atoms with Crippen LogP contribution in [0.2, 0.25) is 0 Å². The van der Waals surface area contributed by atoms with Gasteiger partial charge in [0, 0.05) is 12.2 Å². The van der Waals surface area contributed by atoms with E-state index < -0.39 is 53.7 Å². The number of carbonyl (C=O) groups excluding carboxylic acids is 1. The molecule has 0 bridgehead atoms.